The molecule has 0 radical (unpaired) electrons. The van der Waals surface area contributed by atoms with Gasteiger partial charge in [0, 0.05) is 13.0 Å². The number of benzene rings is 2. The molecule has 1 aromatic heterocycles. The third-order valence-corrected chi connectivity index (χ3v) is 5.87. The maximum Gasteiger partial charge on any atom is 0.416 e. The van der Waals surface area contributed by atoms with Gasteiger partial charge in [-0.3, -0.25) is 4.79 Å². The normalized spacial score (nSPS) is 14.4. The Morgan fingerprint density at radius 2 is 1.71 bits per heavy atom. The first-order valence-electron chi connectivity index (χ1n) is 12.1. The zero-order chi connectivity index (χ0) is 27.7. The summed E-state index contributed by atoms with van der Waals surface area (Å²) in [6.45, 7) is 7.35. The number of hydrogen-bond acceptors (Lipinski definition) is 6. The number of carbonyl (C=O) groups is 1. The standard InChI is InChI=1S/C27H29F3N4O4/c1-17(18-10-12-19(13-11-18)27(28,29)30)31-24-32-22-14-15-33(25(36)37-26(2,3)4)16-21(22)23(35)34(24)38-20-8-6-5-7-9-20/h5-13,17H,14-16H2,1-4H3,(H,31,32)/t17-/m0/s1. The lowest BCUT2D eigenvalue weighted by atomic mass is 10.1. The summed E-state index contributed by atoms with van der Waals surface area (Å²) >= 11 is 0. The van der Waals surface area contributed by atoms with Crippen LogP contribution >= 0.6 is 0 Å². The van der Waals surface area contributed by atoms with E-state index in [1.807, 2.05) is 0 Å². The van der Waals surface area contributed by atoms with E-state index in [1.165, 1.54) is 17.0 Å². The van der Waals surface area contributed by atoms with Gasteiger partial charge in [0.2, 0.25) is 5.95 Å². The summed E-state index contributed by atoms with van der Waals surface area (Å²) in [5.41, 5.74) is -0.578. The van der Waals surface area contributed by atoms with Gasteiger partial charge in [-0.25, -0.2) is 9.78 Å². The fourth-order valence-electron chi connectivity index (χ4n) is 3.94. The SMILES string of the molecule is C[C@H](Nc1nc2c(c(=O)n1Oc1ccccc1)CN(C(=O)OC(C)(C)C)CC2)c1ccc(C(F)(F)F)cc1. The lowest BCUT2D eigenvalue weighted by molar-refractivity contribution is -0.137. The summed E-state index contributed by atoms with van der Waals surface area (Å²) in [5, 5.41) is 3.10. The summed E-state index contributed by atoms with van der Waals surface area (Å²) in [6, 6.07) is 12.9. The van der Waals surface area contributed by atoms with Gasteiger partial charge in [-0.15, -0.1) is 4.73 Å². The third-order valence-electron chi connectivity index (χ3n) is 5.87. The topological polar surface area (TPSA) is 85.7 Å². The lowest BCUT2D eigenvalue weighted by Crippen LogP contribution is -2.44. The molecule has 3 aromatic rings. The second-order valence-electron chi connectivity index (χ2n) is 10.0. The van der Waals surface area contributed by atoms with E-state index in [0.717, 1.165) is 16.9 Å². The van der Waals surface area contributed by atoms with Crippen LogP contribution in [0.3, 0.4) is 0 Å². The molecule has 1 atom stereocenters. The Kier molecular flexibility index (Phi) is 7.39. The van der Waals surface area contributed by atoms with Crippen LogP contribution in [-0.4, -0.2) is 32.9 Å². The molecule has 0 unspecified atom stereocenters. The summed E-state index contributed by atoms with van der Waals surface area (Å²) in [4.78, 5) is 38.2. The molecule has 0 bridgehead atoms. The molecular formula is C27H29F3N4O4. The molecule has 0 aliphatic carbocycles. The van der Waals surface area contributed by atoms with E-state index in [0.29, 0.717) is 35.5 Å². The van der Waals surface area contributed by atoms with Gasteiger partial charge < -0.3 is 19.8 Å². The number of halogens is 3. The minimum absolute atomic E-state index is 0.00294. The fraction of sp³-hybridized carbons (Fsp3) is 0.370. The number of fused-ring (bicyclic) bond motifs is 1. The molecule has 11 heteroatoms. The van der Waals surface area contributed by atoms with E-state index in [2.05, 4.69) is 10.3 Å². The third kappa shape index (κ3) is 6.27. The quantitative estimate of drug-likeness (QED) is 0.464. The minimum Gasteiger partial charge on any atom is -0.444 e. The monoisotopic (exact) mass is 530 g/mol. The Balaban J connectivity index is 1.67. The molecule has 8 nitrogen and oxygen atoms in total. The number of rotatable bonds is 5. The molecule has 2 heterocycles. The molecular weight excluding hydrogens is 501 g/mol. The van der Waals surface area contributed by atoms with E-state index in [9.17, 15) is 22.8 Å². The number of nitrogens with zero attached hydrogens (tertiary/aromatic N) is 3. The van der Waals surface area contributed by atoms with Gasteiger partial charge in [-0.2, -0.15) is 13.2 Å². The van der Waals surface area contributed by atoms with Crippen molar-refractivity contribution < 1.29 is 27.5 Å². The molecule has 38 heavy (non-hydrogen) atoms. The van der Waals surface area contributed by atoms with Crippen molar-refractivity contribution in [2.75, 3.05) is 11.9 Å². The number of ether oxygens (including phenoxy) is 1. The summed E-state index contributed by atoms with van der Waals surface area (Å²) in [7, 11) is 0. The molecule has 2 aromatic carbocycles. The predicted octanol–water partition coefficient (Wildman–Crippen LogP) is 5.57. The lowest BCUT2D eigenvalue weighted by Gasteiger charge is -2.31. The average Bonchev–Trinajstić information content (AvgIpc) is 2.85. The van der Waals surface area contributed by atoms with Crippen molar-refractivity contribution in [3.8, 4) is 5.75 Å². The molecule has 1 N–H and O–H groups in total. The number of para-hydroxylation sites is 1. The number of carbonyl (C=O) groups excluding carboxylic acids is 1. The Morgan fingerprint density at radius 3 is 2.32 bits per heavy atom. The predicted molar refractivity (Wildman–Crippen MR) is 135 cm³/mol. The summed E-state index contributed by atoms with van der Waals surface area (Å²) in [6.07, 6.45) is -4.65. The van der Waals surface area contributed by atoms with E-state index >= 15 is 0 Å². The van der Waals surface area contributed by atoms with Crippen molar-refractivity contribution >= 4 is 12.0 Å². The highest BCUT2D eigenvalue weighted by molar-refractivity contribution is 5.68. The largest absolute Gasteiger partial charge is 0.444 e. The van der Waals surface area contributed by atoms with Crippen LogP contribution in [-0.2, 0) is 23.9 Å². The first kappa shape index (κ1) is 27.0. The van der Waals surface area contributed by atoms with Gasteiger partial charge >= 0.3 is 12.3 Å². The van der Waals surface area contributed by atoms with Gasteiger partial charge in [0.25, 0.3) is 5.56 Å². The Morgan fingerprint density at radius 1 is 1.05 bits per heavy atom. The number of alkyl halides is 3. The zero-order valence-corrected chi connectivity index (χ0v) is 21.5. The van der Waals surface area contributed by atoms with Crippen LogP contribution < -0.4 is 15.7 Å². The number of amides is 1. The first-order chi connectivity index (χ1) is 17.8. The molecule has 0 fully saturated rings. The molecule has 0 saturated carbocycles. The van der Waals surface area contributed by atoms with Crippen LogP contribution in [0, 0.1) is 0 Å². The maximum atomic E-state index is 13.6. The molecule has 1 aliphatic rings. The fourth-order valence-corrected chi connectivity index (χ4v) is 3.94. The number of anilines is 1. The van der Waals surface area contributed by atoms with Gasteiger partial charge in [0.15, 0.2) is 5.75 Å². The van der Waals surface area contributed by atoms with E-state index in [4.69, 9.17) is 9.57 Å². The molecule has 4 rings (SSSR count). The maximum absolute atomic E-state index is 13.6. The van der Waals surface area contributed by atoms with Crippen LogP contribution in [0.2, 0.25) is 0 Å². The average molecular weight is 531 g/mol. The summed E-state index contributed by atoms with van der Waals surface area (Å²) < 4.78 is 45.4. The van der Waals surface area contributed by atoms with Gasteiger partial charge in [0.1, 0.15) is 5.60 Å². The van der Waals surface area contributed by atoms with Crippen LogP contribution in [0.1, 0.15) is 56.1 Å². The van der Waals surface area contributed by atoms with Gasteiger partial charge in [-0.05, 0) is 57.5 Å². The van der Waals surface area contributed by atoms with Gasteiger partial charge in [0.05, 0.1) is 29.4 Å². The molecule has 1 aliphatic heterocycles. The Bertz CT molecular complexity index is 1350. The highest BCUT2D eigenvalue weighted by atomic mass is 19.4. The van der Waals surface area contributed by atoms with Crippen molar-refractivity contribution in [2.45, 2.75) is 58.5 Å². The number of aromatic nitrogens is 2. The van der Waals surface area contributed by atoms with Crippen LogP contribution in [0.15, 0.2) is 59.4 Å². The zero-order valence-electron chi connectivity index (χ0n) is 21.5. The summed E-state index contributed by atoms with van der Waals surface area (Å²) in [5.74, 6) is 0.470. The van der Waals surface area contributed by atoms with E-state index < -0.39 is 35.0 Å². The number of hydrogen-bond donors (Lipinski definition) is 1. The highest BCUT2D eigenvalue weighted by Gasteiger charge is 2.31. The molecule has 0 spiro atoms. The van der Waals surface area contributed by atoms with Crippen LogP contribution in [0.25, 0.3) is 0 Å². The second kappa shape index (κ2) is 10.4. The van der Waals surface area contributed by atoms with Crippen LogP contribution in [0.4, 0.5) is 23.9 Å². The molecule has 0 saturated heterocycles. The Hall–Kier alpha value is -4.02. The van der Waals surface area contributed by atoms with Crippen molar-refractivity contribution in [1.29, 1.82) is 0 Å². The Labute approximate surface area is 218 Å². The van der Waals surface area contributed by atoms with Crippen LogP contribution in [0.5, 0.6) is 5.75 Å². The van der Waals surface area contributed by atoms with Crippen molar-refractivity contribution in [2.24, 2.45) is 0 Å². The molecule has 1 amide bonds. The molecule has 202 valence electrons. The smallest absolute Gasteiger partial charge is 0.416 e. The van der Waals surface area contributed by atoms with E-state index in [-0.39, 0.29) is 12.5 Å². The second-order valence-corrected chi connectivity index (χ2v) is 10.0. The van der Waals surface area contributed by atoms with Gasteiger partial charge in [-0.1, -0.05) is 30.3 Å². The number of nitrogens with one attached hydrogen (secondary N) is 1. The van der Waals surface area contributed by atoms with Crippen molar-refractivity contribution in [3.63, 3.8) is 0 Å². The van der Waals surface area contributed by atoms with Crippen molar-refractivity contribution in [3.05, 3.63) is 87.3 Å². The van der Waals surface area contributed by atoms with E-state index in [1.54, 1.807) is 58.0 Å². The highest BCUT2D eigenvalue weighted by Crippen LogP contribution is 2.30. The van der Waals surface area contributed by atoms with Crippen molar-refractivity contribution in [1.82, 2.24) is 14.6 Å². The minimum atomic E-state index is -4.44. The first-order valence-corrected chi connectivity index (χ1v) is 12.1.